The van der Waals surface area contributed by atoms with Crippen molar-refractivity contribution < 1.29 is 0 Å². The Labute approximate surface area is 156 Å². The van der Waals surface area contributed by atoms with E-state index in [0.29, 0.717) is 0 Å². The molecule has 2 nitrogen and oxygen atoms in total. The van der Waals surface area contributed by atoms with Crippen LogP contribution in [0.2, 0.25) is 0 Å². The molecule has 1 aromatic heterocycles. The summed E-state index contributed by atoms with van der Waals surface area (Å²) in [6, 6.07) is 17.1. The third-order valence-electron chi connectivity index (χ3n) is 4.46. The van der Waals surface area contributed by atoms with Crippen molar-refractivity contribution in [2.45, 2.75) is 20.8 Å². The Hall–Kier alpha value is -2.32. The van der Waals surface area contributed by atoms with Gasteiger partial charge in [-0.2, -0.15) is 0 Å². The van der Waals surface area contributed by atoms with Crippen LogP contribution in [0.4, 0.5) is 5.69 Å². The smallest absolute Gasteiger partial charge is 0.0650 e. The van der Waals surface area contributed by atoms with Crippen LogP contribution in [0.15, 0.2) is 54.7 Å². The zero-order valence-corrected chi connectivity index (χ0v) is 15.9. The lowest BCUT2D eigenvalue weighted by atomic mass is 10.0. The molecular formula is C22H25ClN2. The van der Waals surface area contributed by atoms with Crippen molar-refractivity contribution in [3.05, 3.63) is 71.5 Å². The highest BCUT2D eigenvalue weighted by Crippen LogP contribution is 2.23. The van der Waals surface area contributed by atoms with Crippen molar-refractivity contribution in [2.24, 2.45) is 0 Å². The lowest BCUT2D eigenvalue weighted by Crippen LogP contribution is -2.22. The van der Waals surface area contributed by atoms with Gasteiger partial charge in [0.2, 0.25) is 0 Å². The summed E-state index contributed by atoms with van der Waals surface area (Å²) in [7, 11) is 0. The molecule has 0 unspecified atom stereocenters. The molecule has 0 saturated carbocycles. The summed E-state index contributed by atoms with van der Waals surface area (Å²) in [6.45, 7) is 8.52. The van der Waals surface area contributed by atoms with Gasteiger partial charge in [0.15, 0.2) is 0 Å². The van der Waals surface area contributed by atoms with E-state index < -0.39 is 0 Å². The van der Waals surface area contributed by atoms with Crippen molar-refractivity contribution in [3.8, 4) is 0 Å². The number of anilines is 1. The van der Waals surface area contributed by atoms with Crippen LogP contribution in [0.5, 0.6) is 0 Å². The minimum Gasteiger partial charge on any atom is -0.372 e. The van der Waals surface area contributed by atoms with E-state index in [1.54, 1.807) is 0 Å². The molecule has 0 bridgehead atoms. The second-order valence-electron chi connectivity index (χ2n) is 5.97. The molecule has 25 heavy (non-hydrogen) atoms. The van der Waals surface area contributed by atoms with E-state index >= 15 is 0 Å². The van der Waals surface area contributed by atoms with Gasteiger partial charge in [0.25, 0.3) is 0 Å². The number of benzene rings is 2. The van der Waals surface area contributed by atoms with E-state index in [2.05, 4.69) is 91.3 Å². The van der Waals surface area contributed by atoms with Crippen LogP contribution in [0.3, 0.4) is 0 Å². The monoisotopic (exact) mass is 352 g/mol. The SMILES string of the molecule is CCN(CC)c1cc(C=Cc2cccc3ccccc23)ncc1C.Cl. The third-order valence-corrected chi connectivity index (χ3v) is 4.46. The molecule has 0 amide bonds. The molecule has 0 spiro atoms. The fourth-order valence-electron chi connectivity index (χ4n) is 3.10. The van der Waals surface area contributed by atoms with E-state index in [1.807, 2.05) is 6.20 Å². The molecule has 3 rings (SSSR count). The number of halogens is 1. The highest BCUT2D eigenvalue weighted by Gasteiger charge is 2.06. The van der Waals surface area contributed by atoms with E-state index in [-0.39, 0.29) is 12.4 Å². The minimum atomic E-state index is 0. The molecule has 0 aliphatic heterocycles. The van der Waals surface area contributed by atoms with Crippen LogP contribution < -0.4 is 4.90 Å². The Balaban J connectivity index is 0.00000225. The number of nitrogens with zero attached hydrogens (tertiary/aromatic N) is 2. The van der Waals surface area contributed by atoms with Gasteiger partial charge in [-0.3, -0.25) is 4.98 Å². The first-order valence-corrected chi connectivity index (χ1v) is 8.60. The first-order valence-electron chi connectivity index (χ1n) is 8.60. The average molecular weight is 353 g/mol. The lowest BCUT2D eigenvalue weighted by Gasteiger charge is -2.23. The third kappa shape index (κ3) is 4.21. The standard InChI is InChI=1S/C22H24N2.ClH/c1-4-24(5-2)22-15-20(23-16-17(22)3)14-13-19-11-8-10-18-9-6-7-12-21(18)19;/h6-16H,4-5H2,1-3H3;1H. The van der Waals surface area contributed by atoms with Crippen LogP contribution in [-0.4, -0.2) is 18.1 Å². The number of hydrogen-bond acceptors (Lipinski definition) is 2. The van der Waals surface area contributed by atoms with Gasteiger partial charge in [-0.1, -0.05) is 48.5 Å². The molecule has 0 saturated heterocycles. The molecular weight excluding hydrogens is 328 g/mol. The number of rotatable bonds is 5. The molecule has 1 heterocycles. The van der Waals surface area contributed by atoms with Crippen molar-refractivity contribution in [2.75, 3.05) is 18.0 Å². The Morgan fingerprint density at radius 1 is 0.960 bits per heavy atom. The maximum absolute atomic E-state index is 4.57. The zero-order valence-electron chi connectivity index (χ0n) is 15.1. The first-order chi connectivity index (χ1) is 11.7. The average Bonchev–Trinajstić information content (AvgIpc) is 2.63. The second-order valence-corrected chi connectivity index (χ2v) is 5.97. The van der Waals surface area contributed by atoms with Crippen molar-refractivity contribution in [3.63, 3.8) is 0 Å². The van der Waals surface area contributed by atoms with Gasteiger partial charge in [0.1, 0.15) is 0 Å². The molecule has 0 aliphatic rings. The molecule has 0 atom stereocenters. The van der Waals surface area contributed by atoms with E-state index in [9.17, 15) is 0 Å². The summed E-state index contributed by atoms with van der Waals surface area (Å²) in [4.78, 5) is 6.94. The first kappa shape index (κ1) is 19.0. The highest BCUT2D eigenvalue weighted by molar-refractivity contribution is 5.92. The lowest BCUT2D eigenvalue weighted by molar-refractivity contribution is 0.859. The summed E-state index contributed by atoms with van der Waals surface area (Å²) in [6.07, 6.45) is 6.23. The molecule has 0 aliphatic carbocycles. The van der Waals surface area contributed by atoms with Gasteiger partial charge in [-0.15, -0.1) is 12.4 Å². The maximum Gasteiger partial charge on any atom is 0.0650 e. The van der Waals surface area contributed by atoms with Crippen LogP contribution in [-0.2, 0) is 0 Å². The van der Waals surface area contributed by atoms with Crippen molar-refractivity contribution >= 4 is 41.0 Å². The van der Waals surface area contributed by atoms with Gasteiger partial charge in [-0.25, -0.2) is 0 Å². The molecule has 0 fully saturated rings. The van der Waals surface area contributed by atoms with Gasteiger partial charge < -0.3 is 4.90 Å². The van der Waals surface area contributed by atoms with E-state index in [0.717, 1.165) is 18.8 Å². The highest BCUT2D eigenvalue weighted by atomic mass is 35.5. The number of pyridine rings is 1. The van der Waals surface area contributed by atoms with Crippen LogP contribution in [0.25, 0.3) is 22.9 Å². The molecule has 3 heteroatoms. The van der Waals surface area contributed by atoms with Gasteiger partial charge in [0, 0.05) is 25.0 Å². The fraction of sp³-hybridized carbons (Fsp3) is 0.227. The van der Waals surface area contributed by atoms with Gasteiger partial charge in [0.05, 0.1) is 5.69 Å². The molecule has 130 valence electrons. The minimum absolute atomic E-state index is 0. The Kier molecular flexibility index (Phi) is 6.60. The van der Waals surface area contributed by atoms with Gasteiger partial charge >= 0.3 is 0 Å². The largest absolute Gasteiger partial charge is 0.372 e. The quantitative estimate of drug-likeness (QED) is 0.561. The van der Waals surface area contributed by atoms with Crippen LogP contribution in [0.1, 0.15) is 30.7 Å². The fourth-order valence-corrected chi connectivity index (χ4v) is 3.10. The van der Waals surface area contributed by atoms with Crippen LogP contribution in [0, 0.1) is 6.92 Å². The maximum atomic E-state index is 4.57. The molecule has 2 aromatic carbocycles. The van der Waals surface area contributed by atoms with E-state index in [1.165, 1.54) is 27.6 Å². The number of hydrogen-bond donors (Lipinski definition) is 0. The number of aryl methyl sites for hydroxylation is 1. The topological polar surface area (TPSA) is 16.1 Å². The predicted octanol–water partition coefficient (Wildman–Crippen LogP) is 5.98. The van der Waals surface area contributed by atoms with Crippen molar-refractivity contribution in [1.29, 1.82) is 0 Å². The molecule has 0 radical (unpaired) electrons. The summed E-state index contributed by atoms with van der Waals surface area (Å²) < 4.78 is 0. The van der Waals surface area contributed by atoms with Crippen molar-refractivity contribution in [1.82, 2.24) is 4.98 Å². The Morgan fingerprint density at radius 2 is 1.68 bits per heavy atom. The normalized spacial score (nSPS) is 10.8. The summed E-state index contributed by atoms with van der Waals surface area (Å²) >= 11 is 0. The predicted molar refractivity (Wildman–Crippen MR) is 113 cm³/mol. The zero-order chi connectivity index (χ0) is 16.9. The summed E-state index contributed by atoms with van der Waals surface area (Å²) in [5.74, 6) is 0. The van der Waals surface area contributed by atoms with Gasteiger partial charge in [-0.05, 0) is 54.8 Å². The molecule has 0 N–H and O–H groups in total. The van der Waals surface area contributed by atoms with Crippen LogP contribution >= 0.6 is 12.4 Å². The molecule has 3 aromatic rings. The van der Waals surface area contributed by atoms with E-state index in [4.69, 9.17) is 0 Å². The Morgan fingerprint density at radius 3 is 2.44 bits per heavy atom. The number of aromatic nitrogens is 1. The summed E-state index contributed by atoms with van der Waals surface area (Å²) in [5.41, 5.74) is 4.71. The Bertz CT molecular complexity index is 862. The summed E-state index contributed by atoms with van der Waals surface area (Å²) in [5, 5.41) is 2.53. The number of fused-ring (bicyclic) bond motifs is 1. The second kappa shape index (κ2) is 8.68.